The quantitative estimate of drug-likeness (QED) is 0.445. The van der Waals surface area contributed by atoms with Crippen LogP contribution in [0.25, 0.3) is 32.7 Å². The van der Waals surface area contributed by atoms with E-state index in [1.165, 1.54) is 43.8 Å². The number of fused-ring (bicyclic) bond motifs is 7. The third-order valence-corrected chi connectivity index (χ3v) is 5.18. The molecule has 1 aliphatic heterocycles. The average molecular weight is 323 g/mol. The van der Waals surface area contributed by atoms with Crippen LogP contribution in [0.2, 0.25) is 0 Å². The van der Waals surface area contributed by atoms with Gasteiger partial charge in [-0.3, -0.25) is 4.79 Å². The number of hydrogen-bond acceptors (Lipinski definition) is 1. The number of rotatable bonds is 1. The maximum atomic E-state index is 11.6. The Morgan fingerprint density at radius 1 is 0.640 bits per heavy atom. The molecule has 0 unspecified atom stereocenters. The molecule has 0 spiro atoms. The summed E-state index contributed by atoms with van der Waals surface area (Å²) in [5, 5.41) is 4.98. The summed E-state index contributed by atoms with van der Waals surface area (Å²) >= 11 is 0. The molecule has 0 saturated carbocycles. The van der Waals surface area contributed by atoms with E-state index in [4.69, 9.17) is 0 Å². The van der Waals surface area contributed by atoms with Crippen molar-refractivity contribution in [2.45, 2.75) is 13.1 Å². The van der Waals surface area contributed by atoms with Crippen molar-refractivity contribution in [1.82, 2.24) is 4.90 Å². The van der Waals surface area contributed by atoms with Gasteiger partial charge in [0.15, 0.2) is 0 Å². The molecule has 5 rings (SSSR count). The first kappa shape index (κ1) is 14.2. The van der Waals surface area contributed by atoms with Gasteiger partial charge in [0.25, 0.3) is 0 Å². The van der Waals surface area contributed by atoms with Gasteiger partial charge in [0.1, 0.15) is 0 Å². The van der Waals surface area contributed by atoms with Gasteiger partial charge in [-0.1, -0.05) is 72.8 Å². The van der Waals surface area contributed by atoms with Crippen molar-refractivity contribution < 1.29 is 4.79 Å². The Bertz CT molecular complexity index is 1040. The predicted molar refractivity (Wildman–Crippen MR) is 102 cm³/mol. The molecule has 1 heterocycles. The number of carbonyl (C=O) groups is 1. The molecule has 0 aromatic heterocycles. The molecule has 1 aliphatic rings. The van der Waals surface area contributed by atoms with Crippen molar-refractivity contribution in [3.63, 3.8) is 0 Å². The van der Waals surface area contributed by atoms with Crippen LogP contribution in [-0.2, 0) is 17.9 Å². The molecule has 2 heteroatoms. The molecular formula is C23H17NO. The highest BCUT2D eigenvalue weighted by molar-refractivity contribution is 6.08. The highest BCUT2D eigenvalue weighted by Gasteiger charge is 2.22. The lowest BCUT2D eigenvalue weighted by Gasteiger charge is -2.15. The van der Waals surface area contributed by atoms with Crippen LogP contribution >= 0.6 is 0 Å². The maximum Gasteiger partial charge on any atom is 0.210 e. The Morgan fingerprint density at radius 2 is 1.12 bits per heavy atom. The van der Waals surface area contributed by atoms with Gasteiger partial charge >= 0.3 is 0 Å². The van der Waals surface area contributed by atoms with Crippen LogP contribution in [0.5, 0.6) is 0 Å². The monoisotopic (exact) mass is 323 g/mol. The Kier molecular flexibility index (Phi) is 3.10. The second-order valence-electron chi connectivity index (χ2n) is 6.65. The summed E-state index contributed by atoms with van der Waals surface area (Å²) in [5.74, 6) is 0. The van der Waals surface area contributed by atoms with Crippen LogP contribution in [-0.4, -0.2) is 11.3 Å². The van der Waals surface area contributed by atoms with E-state index in [-0.39, 0.29) is 0 Å². The first-order valence-corrected chi connectivity index (χ1v) is 8.56. The van der Waals surface area contributed by atoms with E-state index in [0.717, 1.165) is 6.41 Å². The SMILES string of the molecule is O=CN1Cc2ccc3ccccc3c2-c2c(ccc3ccccc23)C1. The fourth-order valence-electron chi connectivity index (χ4n) is 4.06. The van der Waals surface area contributed by atoms with E-state index in [1.807, 2.05) is 4.90 Å². The van der Waals surface area contributed by atoms with E-state index in [2.05, 4.69) is 72.8 Å². The van der Waals surface area contributed by atoms with E-state index in [1.54, 1.807) is 0 Å². The third kappa shape index (κ3) is 2.14. The lowest BCUT2D eigenvalue weighted by molar-refractivity contribution is -0.119. The number of carbonyl (C=O) groups excluding carboxylic acids is 1. The first-order chi connectivity index (χ1) is 12.3. The lowest BCUT2D eigenvalue weighted by Crippen LogP contribution is -2.19. The molecule has 0 N–H and O–H groups in total. The molecule has 4 aromatic carbocycles. The van der Waals surface area contributed by atoms with Gasteiger partial charge in [0, 0.05) is 13.1 Å². The minimum Gasteiger partial charge on any atom is -0.337 e. The van der Waals surface area contributed by atoms with Gasteiger partial charge in [-0.25, -0.2) is 0 Å². The minimum atomic E-state index is 0.646. The molecule has 120 valence electrons. The summed E-state index contributed by atoms with van der Waals surface area (Å²) < 4.78 is 0. The van der Waals surface area contributed by atoms with Crippen LogP contribution in [0.15, 0.2) is 72.8 Å². The zero-order chi connectivity index (χ0) is 16.8. The van der Waals surface area contributed by atoms with Gasteiger partial charge < -0.3 is 4.90 Å². The summed E-state index contributed by atoms with van der Waals surface area (Å²) in [7, 11) is 0. The standard InChI is InChI=1S/C23H17NO/c25-15-24-13-18-11-9-16-5-1-3-7-20(16)22(18)23-19(14-24)12-10-17-6-2-4-8-21(17)23/h1-12,15H,13-14H2. The Labute approximate surface area is 146 Å². The van der Waals surface area contributed by atoms with Crippen molar-refractivity contribution in [3.05, 3.63) is 83.9 Å². The number of hydrogen-bond donors (Lipinski definition) is 0. The van der Waals surface area contributed by atoms with Gasteiger partial charge in [0.2, 0.25) is 6.41 Å². The van der Waals surface area contributed by atoms with E-state index in [9.17, 15) is 4.79 Å². The zero-order valence-electron chi connectivity index (χ0n) is 13.8. The minimum absolute atomic E-state index is 0.646. The van der Waals surface area contributed by atoms with E-state index >= 15 is 0 Å². The van der Waals surface area contributed by atoms with Gasteiger partial charge in [-0.2, -0.15) is 0 Å². The molecule has 0 radical (unpaired) electrons. The van der Waals surface area contributed by atoms with E-state index in [0.29, 0.717) is 13.1 Å². The average Bonchev–Trinajstić information content (AvgIpc) is 2.84. The molecule has 4 aromatic rings. The van der Waals surface area contributed by atoms with Crippen molar-refractivity contribution in [2.24, 2.45) is 0 Å². The van der Waals surface area contributed by atoms with Crippen LogP contribution < -0.4 is 0 Å². The number of benzene rings is 4. The molecule has 2 nitrogen and oxygen atoms in total. The molecule has 0 saturated heterocycles. The second kappa shape index (κ2) is 5.45. The van der Waals surface area contributed by atoms with Crippen LogP contribution in [0.1, 0.15) is 11.1 Å². The molecular weight excluding hydrogens is 306 g/mol. The molecule has 0 atom stereocenters. The normalized spacial score (nSPS) is 13.4. The fraction of sp³-hybridized carbons (Fsp3) is 0.0870. The summed E-state index contributed by atoms with van der Waals surface area (Å²) in [5.41, 5.74) is 4.96. The van der Waals surface area contributed by atoms with E-state index < -0.39 is 0 Å². The maximum absolute atomic E-state index is 11.6. The predicted octanol–water partition coefficient (Wildman–Crippen LogP) is 5.13. The van der Waals surface area contributed by atoms with Gasteiger partial charge in [-0.15, -0.1) is 0 Å². The van der Waals surface area contributed by atoms with Crippen molar-refractivity contribution in [3.8, 4) is 11.1 Å². The largest absolute Gasteiger partial charge is 0.337 e. The zero-order valence-corrected chi connectivity index (χ0v) is 13.8. The number of nitrogens with zero attached hydrogens (tertiary/aromatic N) is 1. The molecule has 0 fully saturated rings. The highest BCUT2D eigenvalue weighted by Crippen LogP contribution is 2.41. The summed E-state index contributed by atoms with van der Waals surface area (Å²) in [6, 6.07) is 25.7. The summed E-state index contributed by atoms with van der Waals surface area (Å²) in [4.78, 5) is 13.4. The van der Waals surface area contributed by atoms with Crippen LogP contribution in [0.4, 0.5) is 0 Å². The second-order valence-corrected chi connectivity index (χ2v) is 6.65. The molecule has 25 heavy (non-hydrogen) atoms. The smallest absolute Gasteiger partial charge is 0.210 e. The molecule has 1 amide bonds. The third-order valence-electron chi connectivity index (χ3n) is 5.18. The Balaban J connectivity index is 1.98. The fourth-order valence-corrected chi connectivity index (χ4v) is 4.06. The Hall–Kier alpha value is -3.13. The first-order valence-electron chi connectivity index (χ1n) is 8.56. The summed E-state index contributed by atoms with van der Waals surface area (Å²) in [6.07, 6.45) is 0.962. The van der Waals surface area contributed by atoms with Gasteiger partial charge in [0.05, 0.1) is 0 Å². The molecule has 0 aliphatic carbocycles. The highest BCUT2D eigenvalue weighted by atomic mass is 16.1. The van der Waals surface area contributed by atoms with Crippen LogP contribution in [0, 0.1) is 0 Å². The van der Waals surface area contributed by atoms with Crippen LogP contribution in [0.3, 0.4) is 0 Å². The number of amides is 1. The van der Waals surface area contributed by atoms with Crippen molar-refractivity contribution >= 4 is 28.0 Å². The van der Waals surface area contributed by atoms with Crippen molar-refractivity contribution in [1.29, 1.82) is 0 Å². The lowest BCUT2D eigenvalue weighted by atomic mass is 9.88. The van der Waals surface area contributed by atoms with Gasteiger partial charge in [-0.05, 0) is 43.8 Å². The topological polar surface area (TPSA) is 20.3 Å². The Morgan fingerprint density at radius 3 is 1.60 bits per heavy atom. The summed E-state index contributed by atoms with van der Waals surface area (Å²) in [6.45, 7) is 1.29. The molecule has 0 bridgehead atoms. The van der Waals surface area contributed by atoms with Crippen molar-refractivity contribution in [2.75, 3.05) is 0 Å².